The second-order valence-electron chi connectivity index (χ2n) is 10.8. The summed E-state index contributed by atoms with van der Waals surface area (Å²) in [6.07, 6.45) is 1.12. The van der Waals surface area contributed by atoms with Gasteiger partial charge in [-0.05, 0) is 50.0 Å². The normalized spacial score (nSPS) is 33.8. The van der Waals surface area contributed by atoms with E-state index in [4.69, 9.17) is 9.47 Å². The molecule has 3 saturated heterocycles. The third-order valence-corrected chi connectivity index (χ3v) is 8.56. The lowest BCUT2D eigenvalue weighted by molar-refractivity contribution is -0.146. The quantitative estimate of drug-likeness (QED) is 0.651. The molecule has 4 fully saturated rings. The molecule has 1 unspecified atom stereocenters. The Morgan fingerprint density at radius 2 is 1.86 bits per heavy atom. The minimum atomic E-state index is -4.51. The highest BCUT2D eigenvalue weighted by atomic mass is 19.4. The van der Waals surface area contributed by atoms with Crippen LogP contribution in [-0.2, 0) is 20.4 Å². The van der Waals surface area contributed by atoms with Gasteiger partial charge < -0.3 is 24.6 Å². The second kappa shape index (κ2) is 10.4. The van der Waals surface area contributed by atoms with Crippen molar-refractivity contribution in [2.24, 2.45) is 17.3 Å². The van der Waals surface area contributed by atoms with Gasteiger partial charge in [0.2, 0.25) is 11.9 Å². The second-order valence-corrected chi connectivity index (χ2v) is 10.8. The van der Waals surface area contributed by atoms with Gasteiger partial charge in [-0.2, -0.15) is 13.2 Å². The summed E-state index contributed by atoms with van der Waals surface area (Å²) in [5.74, 6) is 0.887. The number of hydrogen-bond acceptors (Lipinski definition) is 7. The largest absolute Gasteiger partial charge is 0.433 e. The zero-order valence-electron chi connectivity index (χ0n) is 20.8. The molecule has 0 bridgehead atoms. The molecule has 1 amide bonds. The molecule has 8 nitrogen and oxygen atoms in total. The number of anilines is 1. The molecule has 1 aromatic heterocycles. The summed E-state index contributed by atoms with van der Waals surface area (Å²) in [6.45, 7) is 6.77. The van der Waals surface area contributed by atoms with Crippen molar-refractivity contribution in [3.05, 3.63) is 18.0 Å². The molecular weight excluding hydrogens is 475 g/mol. The lowest BCUT2D eigenvalue weighted by atomic mass is 9.71. The van der Waals surface area contributed by atoms with Gasteiger partial charge in [0.05, 0.1) is 18.6 Å². The monoisotopic (exact) mass is 511 g/mol. The highest BCUT2D eigenvalue weighted by Gasteiger charge is 2.53. The summed E-state index contributed by atoms with van der Waals surface area (Å²) in [5, 5.41) is 3.84. The van der Waals surface area contributed by atoms with Crippen LogP contribution in [0.5, 0.6) is 0 Å². The minimum absolute atomic E-state index is 0.0616. The van der Waals surface area contributed by atoms with Crippen molar-refractivity contribution >= 4 is 11.9 Å². The number of rotatable bonds is 5. The highest BCUT2D eigenvalue weighted by molar-refractivity contribution is 5.84. The summed E-state index contributed by atoms with van der Waals surface area (Å²) in [4.78, 5) is 25.5. The van der Waals surface area contributed by atoms with Crippen LogP contribution in [0, 0.1) is 17.3 Å². The number of halogens is 3. The minimum Gasteiger partial charge on any atom is -0.381 e. The number of piperazine rings is 1. The molecule has 1 aromatic rings. The van der Waals surface area contributed by atoms with Gasteiger partial charge in [-0.3, -0.25) is 4.79 Å². The fraction of sp³-hybridized carbons (Fsp3) is 0.800. The van der Waals surface area contributed by atoms with Crippen molar-refractivity contribution in [2.45, 2.75) is 57.3 Å². The van der Waals surface area contributed by atoms with Gasteiger partial charge >= 0.3 is 6.18 Å². The van der Waals surface area contributed by atoms with E-state index in [1.165, 1.54) is 0 Å². The third-order valence-electron chi connectivity index (χ3n) is 8.56. The molecule has 0 radical (unpaired) electrons. The Morgan fingerprint density at radius 3 is 2.56 bits per heavy atom. The standard InChI is InChI=1S/C25H36F3N5O3/c1-17-15-35-13-5-20(17)30-19-2-6-24(14-19,18-4-12-36-16-18)22(34)32-8-10-33(11-9-32)23-29-7-3-21(31-23)25(26,27)28/h3,7,17-20,30H,2,4-6,8-16H2,1H3/t17?,18-,19+,20+,24-/m0/s1. The maximum absolute atomic E-state index is 14.1. The van der Waals surface area contributed by atoms with Gasteiger partial charge in [-0.1, -0.05) is 6.92 Å². The lowest BCUT2D eigenvalue weighted by Gasteiger charge is -2.42. The zero-order valence-corrected chi connectivity index (χ0v) is 20.8. The Labute approximate surface area is 209 Å². The van der Waals surface area contributed by atoms with Gasteiger partial charge in [0, 0.05) is 57.7 Å². The molecule has 200 valence electrons. The Bertz CT molecular complexity index is 920. The molecule has 4 heterocycles. The van der Waals surface area contributed by atoms with E-state index in [-0.39, 0.29) is 17.8 Å². The number of carbonyl (C=O) groups excluding carboxylic acids is 1. The van der Waals surface area contributed by atoms with Gasteiger partial charge in [0.25, 0.3) is 0 Å². The van der Waals surface area contributed by atoms with Crippen LogP contribution in [0.25, 0.3) is 0 Å². The number of carbonyl (C=O) groups is 1. The number of ether oxygens (including phenoxy) is 2. The van der Waals surface area contributed by atoms with Gasteiger partial charge in [0.1, 0.15) is 5.69 Å². The van der Waals surface area contributed by atoms with Crippen LogP contribution in [-0.4, -0.2) is 85.5 Å². The molecule has 3 aliphatic heterocycles. The summed E-state index contributed by atoms with van der Waals surface area (Å²) < 4.78 is 50.6. The first-order valence-electron chi connectivity index (χ1n) is 13.1. The average molecular weight is 512 g/mol. The highest BCUT2D eigenvalue weighted by Crippen LogP contribution is 2.49. The molecule has 0 spiro atoms. The molecule has 1 N–H and O–H groups in total. The smallest absolute Gasteiger partial charge is 0.381 e. The number of nitrogens with one attached hydrogen (secondary N) is 1. The van der Waals surface area contributed by atoms with E-state index < -0.39 is 17.3 Å². The van der Waals surface area contributed by atoms with Crippen LogP contribution < -0.4 is 10.2 Å². The van der Waals surface area contributed by atoms with Crippen LogP contribution in [0.15, 0.2) is 12.3 Å². The maximum atomic E-state index is 14.1. The zero-order chi connectivity index (χ0) is 25.3. The first-order chi connectivity index (χ1) is 17.3. The van der Waals surface area contributed by atoms with Crippen molar-refractivity contribution in [3.8, 4) is 0 Å². The Hall–Kier alpha value is -1.98. The number of amides is 1. The van der Waals surface area contributed by atoms with E-state index in [2.05, 4.69) is 22.2 Å². The number of alkyl halides is 3. The van der Waals surface area contributed by atoms with E-state index in [9.17, 15) is 18.0 Å². The van der Waals surface area contributed by atoms with Crippen LogP contribution >= 0.6 is 0 Å². The van der Waals surface area contributed by atoms with Crippen LogP contribution in [0.4, 0.5) is 19.1 Å². The number of hydrogen-bond donors (Lipinski definition) is 1. The molecular formula is C25H36F3N5O3. The summed E-state index contributed by atoms with van der Waals surface area (Å²) in [7, 11) is 0. The Kier molecular flexibility index (Phi) is 7.42. The average Bonchev–Trinajstić information content (AvgIpc) is 3.56. The van der Waals surface area contributed by atoms with Crippen molar-refractivity contribution in [3.63, 3.8) is 0 Å². The number of aromatic nitrogens is 2. The van der Waals surface area contributed by atoms with E-state index in [1.807, 2.05) is 4.90 Å². The van der Waals surface area contributed by atoms with Crippen LogP contribution in [0.2, 0.25) is 0 Å². The molecule has 11 heteroatoms. The fourth-order valence-electron chi connectivity index (χ4n) is 6.44. The first kappa shape index (κ1) is 25.7. The van der Waals surface area contributed by atoms with Gasteiger partial charge in [0.15, 0.2) is 0 Å². The predicted octanol–water partition coefficient (Wildman–Crippen LogP) is 2.73. The summed E-state index contributed by atoms with van der Waals surface area (Å²) in [6, 6.07) is 1.58. The Balaban J connectivity index is 1.25. The van der Waals surface area contributed by atoms with Crippen LogP contribution in [0.3, 0.4) is 0 Å². The molecule has 5 atom stereocenters. The van der Waals surface area contributed by atoms with Crippen LogP contribution in [0.1, 0.15) is 44.7 Å². The van der Waals surface area contributed by atoms with E-state index in [0.29, 0.717) is 57.4 Å². The summed E-state index contributed by atoms with van der Waals surface area (Å²) in [5.41, 5.74) is -1.40. The molecule has 1 aliphatic carbocycles. The Morgan fingerprint density at radius 1 is 1.11 bits per heavy atom. The van der Waals surface area contributed by atoms with Crippen molar-refractivity contribution in [2.75, 3.05) is 57.5 Å². The maximum Gasteiger partial charge on any atom is 0.433 e. The van der Waals surface area contributed by atoms with Crippen molar-refractivity contribution < 1.29 is 27.4 Å². The van der Waals surface area contributed by atoms with Crippen molar-refractivity contribution in [1.82, 2.24) is 20.2 Å². The SMILES string of the molecule is CC1COCC[C@H]1N[C@@H]1CC[C@@](C(=O)N2CCN(c3nccc(C(F)(F)F)n3)CC2)([C@H]2CCOC2)C1. The predicted molar refractivity (Wildman–Crippen MR) is 126 cm³/mol. The van der Waals surface area contributed by atoms with Gasteiger partial charge in [-0.15, -0.1) is 0 Å². The molecule has 1 saturated carbocycles. The molecule has 36 heavy (non-hydrogen) atoms. The van der Waals surface area contributed by atoms with E-state index in [0.717, 1.165) is 57.6 Å². The third kappa shape index (κ3) is 5.19. The van der Waals surface area contributed by atoms with Gasteiger partial charge in [-0.25, -0.2) is 9.97 Å². The van der Waals surface area contributed by atoms with E-state index in [1.54, 1.807) is 4.90 Å². The fourth-order valence-corrected chi connectivity index (χ4v) is 6.44. The first-order valence-corrected chi connectivity index (χ1v) is 13.1. The lowest BCUT2D eigenvalue weighted by Crippen LogP contribution is -2.55. The summed E-state index contributed by atoms with van der Waals surface area (Å²) >= 11 is 0. The van der Waals surface area contributed by atoms with E-state index >= 15 is 0 Å². The topological polar surface area (TPSA) is 79.8 Å². The molecule has 5 rings (SSSR count). The van der Waals surface area contributed by atoms with Crippen molar-refractivity contribution in [1.29, 1.82) is 0 Å². The number of nitrogens with zero attached hydrogens (tertiary/aromatic N) is 4. The molecule has 0 aromatic carbocycles. The molecule has 4 aliphatic rings.